The highest BCUT2D eigenvalue weighted by Crippen LogP contribution is 2.30. The lowest BCUT2D eigenvalue weighted by Crippen LogP contribution is -2.02. The summed E-state index contributed by atoms with van der Waals surface area (Å²) in [5.41, 5.74) is 0.262. The first kappa shape index (κ1) is 11.4. The highest BCUT2D eigenvalue weighted by molar-refractivity contribution is 6.20. The van der Waals surface area contributed by atoms with Crippen molar-refractivity contribution in [1.82, 2.24) is 0 Å². The summed E-state index contributed by atoms with van der Waals surface area (Å²) in [6.07, 6.45) is 0. The summed E-state index contributed by atoms with van der Waals surface area (Å²) in [5.74, 6) is -3.83. The third-order valence-electron chi connectivity index (χ3n) is 1.91. The van der Waals surface area contributed by atoms with Crippen LogP contribution in [0, 0.1) is 23.4 Å². The number of hydrogen-bond donors (Lipinski definition) is 0. The number of rotatable bonds is 2. The average molecular weight is 223 g/mol. The molecule has 0 radical (unpaired) electrons. The summed E-state index contributed by atoms with van der Waals surface area (Å²) in [5, 5.41) is -0.514. The summed E-state index contributed by atoms with van der Waals surface area (Å²) in [6.45, 7) is 3.63. The van der Waals surface area contributed by atoms with Gasteiger partial charge in [0.05, 0.1) is 5.38 Å². The Morgan fingerprint density at radius 3 is 1.86 bits per heavy atom. The number of hydrogen-bond acceptors (Lipinski definition) is 0. The number of alkyl halides is 1. The molecule has 1 aromatic rings. The molecule has 0 aliphatic heterocycles. The van der Waals surface area contributed by atoms with Gasteiger partial charge in [0.25, 0.3) is 0 Å². The van der Waals surface area contributed by atoms with E-state index in [1.807, 2.05) is 13.8 Å². The van der Waals surface area contributed by atoms with E-state index >= 15 is 0 Å². The lowest BCUT2D eigenvalue weighted by Gasteiger charge is -2.13. The van der Waals surface area contributed by atoms with Crippen LogP contribution in [0.15, 0.2) is 12.1 Å². The van der Waals surface area contributed by atoms with Gasteiger partial charge < -0.3 is 0 Å². The lowest BCUT2D eigenvalue weighted by atomic mass is 10.0. The van der Waals surface area contributed by atoms with Crippen LogP contribution in [0.2, 0.25) is 0 Å². The molecule has 0 aliphatic carbocycles. The standard InChI is InChI=1S/C10H10ClF3/c1-5(2)9(11)6-3-7(12)10(14)8(13)4-6/h3-5,9H,1-2H3. The molecule has 0 bridgehead atoms. The Kier molecular flexibility index (Phi) is 3.43. The van der Waals surface area contributed by atoms with E-state index in [0.29, 0.717) is 0 Å². The van der Waals surface area contributed by atoms with Crippen LogP contribution < -0.4 is 0 Å². The molecule has 0 N–H and O–H groups in total. The zero-order chi connectivity index (χ0) is 10.9. The van der Waals surface area contributed by atoms with Crippen LogP contribution in [0.1, 0.15) is 24.8 Å². The van der Waals surface area contributed by atoms with Crippen LogP contribution in [0.5, 0.6) is 0 Å². The maximum absolute atomic E-state index is 12.8. The van der Waals surface area contributed by atoms with Crippen LogP contribution in [0.25, 0.3) is 0 Å². The number of halogens is 4. The molecule has 0 heterocycles. The summed E-state index contributed by atoms with van der Waals surface area (Å²) >= 11 is 5.88. The van der Waals surface area contributed by atoms with E-state index in [9.17, 15) is 13.2 Å². The van der Waals surface area contributed by atoms with Crippen LogP contribution in [-0.4, -0.2) is 0 Å². The van der Waals surface area contributed by atoms with Crippen molar-refractivity contribution in [2.24, 2.45) is 5.92 Å². The van der Waals surface area contributed by atoms with Crippen LogP contribution >= 0.6 is 11.6 Å². The molecule has 1 unspecified atom stereocenters. The van der Waals surface area contributed by atoms with Gasteiger partial charge in [-0.15, -0.1) is 11.6 Å². The van der Waals surface area contributed by atoms with Crippen LogP contribution in [0.4, 0.5) is 13.2 Å². The molecule has 0 fully saturated rings. The fraction of sp³-hybridized carbons (Fsp3) is 0.400. The van der Waals surface area contributed by atoms with E-state index in [4.69, 9.17) is 11.6 Å². The first-order chi connectivity index (χ1) is 6.43. The van der Waals surface area contributed by atoms with Crippen molar-refractivity contribution >= 4 is 11.6 Å². The molecular weight excluding hydrogens is 213 g/mol. The molecule has 0 saturated heterocycles. The molecule has 4 heteroatoms. The van der Waals surface area contributed by atoms with E-state index in [0.717, 1.165) is 12.1 Å². The fourth-order valence-electron chi connectivity index (χ4n) is 1.12. The van der Waals surface area contributed by atoms with E-state index in [-0.39, 0.29) is 11.5 Å². The van der Waals surface area contributed by atoms with E-state index in [2.05, 4.69) is 0 Å². The van der Waals surface area contributed by atoms with Crippen molar-refractivity contribution in [3.63, 3.8) is 0 Å². The Morgan fingerprint density at radius 2 is 1.50 bits per heavy atom. The largest absolute Gasteiger partial charge is 0.204 e. The van der Waals surface area contributed by atoms with Crippen molar-refractivity contribution in [2.75, 3.05) is 0 Å². The molecule has 1 atom stereocenters. The first-order valence-corrected chi connectivity index (χ1v) is 4.65. The van der Waals surface area contributed by atoms with Gasteiger partial charge in [0.1, 0.15) is 0 Å². The second-order valence-corrected chi connectivity index (χ2v) is 3.91. The number of benzene rings is 1. The third kappa shape index (κ3) is 2.21. The minimum Gasteiger partial charge on any atom is -0.204 e. The molecule has 1 aromatic carbocycles. The molecule has 0 saturated carbocycles. The summed E-state index contributed by atoms with van der Waals surface area (Å²) in [7, 11) is 0. The quantitative estimate of drug-likeness (QED) is 0.523. The minimum atomic E-state index is -1.46. The Labute approximate surface area is 85.7 Å². The van der Waals surface area contributed by atoms with Gasteiger partial charge in [-0.05, 0) is 23.6 Å². The second kappa shape index (κ2) is 4.22. The highest BCUT2D eigenvalue weighted by Gasteiger charge is 2.17. The molecule has 78 valence electrons. The summed E-state index contributed by atoms with van der Waals surface area (Å²) < 4.78 is 38.2. The predicted octanol–water partition coefficient (Wildman–Crippen LogP) is 4.04. The predicted molar refractivity (Wildman–Crippen MR) is 49.7 cm³/mol. The molecule has 0 aromatic heterocycles. The van der Waals surface area contributed by atoms with Gasteiger partial charge in [0.2, 0.25) is 0 Å². The van der Waals surface area contributed by atoms with E-state index in [1.54, 1.807) is 0 Å². The molecule has 0 aliphatic rings. The second-order valence-electron chi connectivity index (χ2n) is 3.44. The third-order valence-corrected chi connectivity index (χ3v) is 2.67. The molecule has 14 heavy (non-hydrogen) atoms. The topological polar surface area (TPSA) is 0 Å². The van der Waals surface area contributed by atoms with Gasteiger partial charge in [-0.2, -0.15) is 0 Å². The Balaban J connectivity index is 3.12. The summed E-state index contributed by atoms with van der Waals surface area (Å²) in [4.78, 5) is 0. The van der Waals surface area contributed by atoms with Gasteiger partial charge in [0, 0.05) is 0 Å². The van der Waals surface area contributed by atoms with Gasteiger partial charge in [0.15, 0.2) is 17.5 Å². The Morgan fingerprint density at radius 1 is 1.07 bits per heavy atom. The van der Waals surface area contributed by atoms with Gasteiger partial charge >= 0.3 is 0 Å². The van der Waals surface area contributed by atoms with E-state index < -0.39 is 22.8 Å². The normalized spacial score (nSPS) is 13.4. The smallest absolute Gasteiger partial charge is 0.194 e. The minimum absolute atomic E-state index is 0.0286. The van der Waals surface area contributed by atoms with Crippen LogP contribution in [-0.2, 0) is 0 Å². The average Bonchev–Trinajstić information content (AvgIpc) is 2.12. The maximum atomic E-state index is 12.8. The summed E-state index contributed by atoms with van der Waals surface area (Å²) in [6, 6.07) is 1.85. The fourth-order valence-corrected chi connectivity index (χ4v) is 1.25. The zero-order valence-corrected chi connectivity index (χ0v) is 8.58. The highest BCUT2D eigenvalue weighted by atomic mass is 35.5. The molecule has 0 nitrogen and oxygen atoms in total. The Bertz CT molecular complexity index is 313. The van der Waals surface area contributed by atoms with Crippen molar-refractivity contribution in [3.8, 4) is 0 Å². The van der Waals surface area contributed by atoms with Gasteiger partial charge in [-0.1, -0.05) is 13.8 Å². The molecular formula is C10H10ClF3. The molecule has 0 amide bonds. The lowest BCUT2D eigenvalue weighted by molar-refractivity contribution is 0.443. The monoisotopic (exact) mass is 222 g/mol. The molecule has 0 spiro atoms. The zero-order valence-electron chi connectivity index (χ0n) is 7.82. The van der Waals surface area contributed by atoms with Gasteiger partial charge in [-0.3, -0.25) is 0 Å². The van der Waals surface area contributed by atoms with E-state index in [1.165, 1.54) is 0 Å². The Hall–Kier alpha value is -0.700. The van der Waals surface area contributed by atoms with Crippen molar-refractivity contribution in [3.05, 3.63) is 35.1 Å². The van der Waals surface area contributed by atoms with Crippen molar-refractivity contribution in [2.45, 2.75) is 19.2 Å². The van der Waals surface area contributed by atoms with Crippen molar-refractivity contribution in [1.29, 1.82) is 0 Å². The van der Waals surface area contributed by atoms with Gasteiger partial charge in [-0.25, -0.2) is 13.2 Å². The molecule has 1 rings (SSSR count). The SMILES string of the molecule is CC(C)C(Cl)c1cc(F)c(F)c(F)c1. The van der Waals surface area contributed by atoms with Crippen LogP contribution in [0.3, 0.4) is 0 Å². The first-order valence-electron chi connectivity index (χ1n) is 4.22. The maximum Gasteiger partial charge on any atom is 0.194 e. The van der Waals surface area contributed by atoms with Crippen molar-refractivity contribution < 1.29 is 13.2 Å².